The fourth-order valence-corrected chi connectivity index (χ4v) is 3.62. The molecule has 0 bridgehead atoms. The SMILES string of the molecule is CC(C)=C1C[C@@H]2[C@@H](CC[C@H](C)O)[C@]2(C)CC1=O. The summed E-state index contributed by atoms with van der Waals surface area (Å²) in [7, 11) is 0. The summed E-state index contributed by atoms with van der Waals surface area (Å²) in [4.78, 5) is 12.1. The van der Waals surface area contributed by atoms with Gasteiger partial charge in [-0.3, -0.25) is 4.79 Å². The van der Waals surface area contributed by atoms with Crippen molar-refractivity contribution in [2.45, 2.75) is 59.5 Å². The molecule has 2 aliphatic rings. The van der Waals surface area contributed by atoms with Gasteiger partial charge >= 0.3 is 0 Å². The van der Waals surface area contributed by atoms with Gasteiger partial charge in [0.2, 0.25) is 0 Å². The highest BCUT2D eigenvalue weighted by Crippen LogP contribution is 2.68. The molecule has 0 heterocycles. The van der Waals surface area contributed by atoms with Gasteiger partial charge in [0.15, 0.2) is 5.78 Å². The van der Waals surface area contributed by atoms with Gasteiger partial charge in [-0.1, -0.05) is 12.5 Å². The first-order valence-corrected chi connectivity index (χ1v) is 6.74. The second-order valence-electron chi connectivity index (χ2n) is 6.43. The minimum atomic E-state index is -0.208. The first kappa shape index (κ1) is 12.8. The Labute approximate surface area is 104 Å². The largest absolute Gasteiger partial charge is 0.393 e. The maximum atomic E-state index is 12.1. The number of hydrogen-bond donors (Lipinski definition) is 1. The van der Waals surface area contributed by atoms with E-state index >= 15 is 0 Å². The van der Waals surface area contributed by atoms with Gasteiger partial charge in [-0.15, -0.1) is 0 Å². The molecule has 0 aromatic rings. The van der Waals surface area contributed by atoms with E-state index in [1.807, 2.05) is 20.8 Å². The fraction of sp³-hybridized carbons (Fsp3) is 0.800. The van der Waals surface area contributed by atoms with Crippen LogP contribution in [0.15, 0.2) is 11.1 Å². The van der Waals surface area contributed by atoms with Gasteiger partial charge in [0, 0.05) is 6.42 Å². The number of hydrogen-bond acceptors (Lipinski definition) is 2. The third-order valence-corrected chi connectivity index (χ3v) is 4.87. The van der Waals surface area contributed by atoms with Crippen LogP contribution in [0.3, 0.4) is 0 Å². The van der Waals surface area contributed by atoms with E-state index in [1.165, 1.54) is 5.57 Å². The lowest BCUT2D eigenvalue weighted by Crippen LogP contribution is -2.18. The predicted molar refractivity (Wildman–Crippen MR) is 68.6 cm³/mol. The maximum Gasteiger partial charge on any atom is 0.159 e. The number of carbonyl (C=O) groups excluding carboxylic acids is 1. The smallest absolute Gasteiger partial charge is 0.159 e. The van der Waals surface area contributed by atoms with Crippen LogP contribution in [-0.4, -0.2) is 17.0 Å². The summed E-state index contributed by atoms with van der Waals surface area (Å²) >= 11 is 0. The first-order valence-electron chi connectivity index (χ1n) is 6.74. The topological polar surface area (TPSA) is 37.3 Å². The Balaban J connectivity index is 2.04. The summed E-state index contributed by atoms with van der Waals surface area (Å²) in [6.07, 6.45) is 3.43. The molecular formula is C15H24O2. The lowest BCUT2D eigenvalue weighted by atomic mass is 9.84. The maximum absolute atomic E-state index is 12.1. The Hall–Kier alpha value is -0.630. The summed E-state index contributed by atoms with van der Waals surface area (Å²) in [5, 5.41) is 9.36. The number of carbonyl (C=O) groups is 1. The van der Waals surface area contributed by atoms with E-state index in [9.17, 15) is 9.90 Å². The number of Topliss-reactive ketones (excluding diaryl/α,β-unsaturated/α-hetero) is 1. The molecule has 17 heavy (non-hydrogen) atoms. The van der Waals surface area contributed by atoms with Crippen molar-refractivity contribution < 1.29 is 9.90 Å². The minimum Gasteiger partial charge on any atom is -0.393 e. The molecule has 0 aliphatic heterocycles. The van der Waals surface area contributed by atoms with Gasteiger partial charge in [-0.2, -0.15) is 0 Å². The van der Waals surface area contributed by atoms with E-state index in [4.69, 9.17) is 0 Å². The fourth-order valence-electron chi connectivity index (χ4n) is 3.62. The van der Waals surface area contributed by atoms with Crippen LogP contribution in [0.1, 0.15) is 53.4 Å². The average Bonchev–Trinajstić information content (AvgIpc) is 2.76. The van der Waals surface area contributed by atoms with Gasteiger partial charge in [0.25, 0.3) is 0 Å². The van der Waals surface area contributed by atoms with E-state index < -0.39 is 0 Å². The Bertz CT molecular complexity index is 363. The van der Waals surface area contributed by atoms with Crippen molar-refractivity contribution in [1.82, 2.24) is 0 Å². The molecule has 0 aromatic carbocycles. The highest BCUT2D eigenvalue weighted by Gasteiger charge is 2.63. The van der Waals surface area contributed by atoms with Crippen LogP contribution in [0.2, 0.25) is 0 Å². The molecule has 0 spiro atoms. The van der Waals surface area contributed by atoms with E-state index in [0.717, 1.165) is 31.3 Å². The number of allylic oxidation sites excluding steroid dienone is 2. The molecule has 0 saturated heterocycles. The van der Waals surface area contributed by atoms with Crippen LogP contribution in [0.25, 0.3) is 0 Å². The van der Waals surface area contributed by atoms with E-state index in [-0.39, 0.29) is 11.5 Å². The molecule has 2 heteroatoms. The molecule has 0 aromatic heterocycles. The molecule has 4 atom stereocenters. The number of aliphatic hydroxyl groups excluding tert-OH is 1. The summed E-state index contributed by atoms with van der Waals surface area (Å²) in [5.41, 5.74) is 2.51. The Morgan fingerprint density at radius 1 is 1.53 bits per heavy atom. The van der Waals surface area contributed by atoms with Gasteiger partial charge in [-0.25, -0.2) is 0 Å². The summed E-state index contributed by atoms with van der Waals surface area (Å²) in [6, 6.07) is 0. The quantitative estimate of drug-likeness (QED) is 0.764. The van der Waals surface area contributed by atoms with E-state index in [0.29, 0.717) is 17.6 Å². The van der Waals surface area contributed by atoms with Crippen LogP contribution in [0.5, 0.6) is 0 Å². The Morgan fingerprint density at radius 3 is 2.71 bits per heavy atom. The highest BCUT2D eigenvalue weighted by molar-refractivity contribution is 5.98. The van der Waals surface area contributed by atoms with Crippen molar-refractivity contribution in [2.24, 2.45) is 17.3 Å². The molecule has 2 aliphatic carbocycles. The number of fused-ring (bicyclic) bond motifs is 1. The summed E-state index contributed by atoms with van der Waals surface area (Å²) in [6.45, 7) is 8.19. The molecule has 2 rings (SSSR count). The molecule has 2 saturated carbocycles. The second-order valence-corrected chi connectivity index (χ2v) is 6.43. The van der Waals surface area contributed by atoms with Crippen LogP contribution in [0, 0.1) is 17.3 Å². The average molecular weight is 236 g/mol. The standard InChI is InChI=1S/C15H24O2/c1-9(2)11-7-13-12(6-5-10(3)16)15(13,4)8-14(11)17/h10,12-13,16H,5-8H2,1-4H3/t10-,12+,13+,15-/m0/s1. The zero-order valence-corrected chi connectivity index (χ0v) is 11.4. The number of aliphatic hydroxyl groups is 1. The van der Waals surface area contributed by atoms with Gasteiger partial charge < -0.3 is 5.11 Å². The van der Waals surface area contributed by atoms with Crippen LogP contribution >= 0.6 is 0 Å². The zero-order valence-electron chi connectivity index (χ0n) is 11.4. The number of rotatable bonds is 3. The third-order valence-electron chi connectivity index (χ3n) is 4.87. The zero-order chi connectivity index (χ0) is 12.8. The lowest BCUT2D eigenvalue weighted by Gasteiger charge is -2.19. The minimum absolute atomic E-state index is 0.208. The molecule has 96 valence electrons. The van der Waals surface area contributed by atoms with Gasteiger partial charge in [0.05, 0.1) is 6.10 Å². The molecule has 2 fully saturated rings. The van der Waals surface area contributed by atoms with Crippen molar-refractivity contribution in [3.63, 3.8) is 0 Å². The Kier molecular flexibility index (Phi) is 3.19. The lowest BCUT2D eigenvalue weighted by molar-refractivity contribution is -0.117. The van der Waals surface area contributed by atoms with E-state index in [2.05, 4.69) is 6.92 Å². The number of ketones is 1. The molecule has 0 amide bonds. The predicted octanol–water partition coefficient (Wildman–Crippen LogP) is 3.10. The van der Waals surface area contributed by atoms with Crippen molar-refractivity contribution >= 4 is 5.78 Å². The van der Waals surface area contributed by atoms with Crippen molar-refractivity contribution in [2.75, 3.05) is 0 Å². The van der Waals surface area contributed by atoms with Crippen molar-refractivity contribution in [3.05, 3.63) is 11.1 Å². The summed E-state index contributed by atoms with van der Waals surface area (Å²) < 4.78 is 0. The Morgan fingerprint density at radius 2 is 2.18 bits per heavy atom. The molecular weight excluding hydrogens is 212 g/mol. The highest BCUT2D eigenvalue weighted by atomic mass is 16.3. The second kappa shape index (κ2) is 4.24. The normalized spacial score (nSPS) is 37.7. The van der Waals surface area contributed by atoms with Crippen molar-refractivity contribution in [1.29, 1.82) is 0 Å². The van der Waals surface area contributed by atoms with Gasteiger partial charge in [-0.05, 0) is 62.9 Å². The third kappa shape index (κ3) is 2.20. The summed E-state index contributed by atoms with van der Waals surface area (Å²) in [5.74, 6) is 1.70. The monoisotopic (exact) mass is 236 g/mol. The molecule has 2 nitrogen and oxygen atoms in total. The first-order chi connectivity index (χ1) is 7.86. The van der Waals surface area contributed by atoms with Crippen LogP contribution in [-0.2, 0) is 4.79 Å². The van der Waals surface area contributed by atoms with Crippen molar-refractivity contribution in [3.8, 4) is 0 Å². The molecule has 0 radical (unpaired) electrons. The molecule has 0 unspecified atom stereocenters. The van der Waals surface area contributed by atoms with E-state index in [1.54, 1.807) is 0 Å². The molecule has 1 N–H and O–H groups in total. The van der Waals surface area contributed by atoms with Crippen LogP contribution in [0.4, 0.5) is 0 Å². The van der Waals surface area contributed by atoms with Crippen LogP contribution < -0.4 is 0 Å². The van der Waals surface area contributed by atoms with Gasteiger partial charge in [0.1, 0.15) is 0 Å².